The summed E-state index contributed by atoms with van der Waals surface area (Å²) in [7, 11) is 0. The topological polar surface area (TPSA) is 56.7 Å². The Hall–Kier alpha value is -1.20. The first-order valence-corrected chi connectivity index (χ1v) is 10.7. The van der Waals surface area contributed by atoms with Gasteiger partial charge < -0.3 is 15.7 Å². The van der Waals surface area contributed by atoms with E-state index in [9.17, 15) is 5.11 Å². The van der Waals surface area contributed by atoms with Crippen LogP contribution >= 0.6 is 11.8 Å². The van der Waals surface area contributed by atoms with E-state index in [2.05, 4.69) is 47.7 Å². The molecule has 2 unspecified atom stereocenters. The Labute approximate surface area is 155 Å². The van der Waals surface area contributed by atoms with Crippen LogP contribution in [0, 0.1) is 0 Å². The monoisotopic (exact) mass is 361 g/mol. The molecule has 2 aliphatic rings. The van der Waals surface area contributed by atoms with Crippen molar-refractivity contribution in [3.8, 4) is 0 Å². The lowest BCUT2D eigenvalue weighted by atomic mass is 9.89. The average Bonchev–Trinajstić information content (AvgIpc) is 3.06. The molecule has 0 aromatic heterocycles. The minimum Gasteiger partial charge on any atom is -0.387 e. The maximum Gasteiger partial charge on any atom is 0.191 e. The first-order valence-electron chi connectivity index (χ1n) is 9.56. The van der Waals surface area contributed by atoms with Crippen molar-refractivity contribution in [1.82, 2.24) is 10.6 Å². The largest absolute Gasteiger partial charge is 0.387 e. The number of aliphatic hydroxyl groups is 1. The van der Waals surface area contributed by atoms with Gasteiger partial charge in [0.05, 0.1) is 18.2 Å². The highest BCUT2D eigenvalue weighted by Crippen LogP contribution is 2.28. The molecule has 1 aromatic rings. The molecule has 0 saturated carbocycles. The predicted molar refractivity (Wildman–Crippen MR) is 108 cm³/mol. The van der Waals surface area contributed by atoms with E-state index in [1.54, 1.807) is 0 Å². The quantitative estimate of drug-likeness (QED) is 0.557. The number of hydrogen-bond donors (Lipinski definition) is 3. The molecule has 2 atom stereocenters. The van der Waals surface area contributed by atoms with Gasteiger partial charge in [-0.1, -0.05) is 18.2 Å². The van der Waals surface area contributed by atoms with Crippen molar-refractivity contribution in [3.63, 3.8) is 0 Å². The van der Waals surface area contributed by atoms with Crippen molar-refractivity contribution in [2.45, 2.75) is 57.6 Å². The molecule has 0 bridgehead atoms. The molecule has 1 heterocycles. The number of fused-ring (bicyclic) bond motifs is 1. The predicted octanol–water partition coefficient (Wildman–Crippen LogP) is 3.05. The fourth-order valence-corrected chi connectivity index (χ4v) is 4.86. The molecule has 1 fully saturated rings. The fraction of sp³-hybridized carbons (Fsp3) is 0.650. The Kier molecular flexibility index (Phi) is 6.29. The Morgan fingerprint density at radius 2 is 2.12 bits per heavy atom. The molecule has 0 radical (unpaired) electrons. The zero-order chi connectivity index (χ0) is 17.7. The van der Waals surface area contributed by atoms with Crippen LogP contribution in [-0.2, 0) is 12.8 Å². The first-order chi connectivity index (χ1) is 12.1. The summed E-state index contributed by atoms with van der Waals surface area (Å²) in [6, 6.07) is 7.09. The molecule has 1 aliphatic carbocycles. The maximum absolute atomic E-state index is 10.5. The number of nitrogens with zero attached hydrogens (tertiary/aromatic N) is 1. The van der Waals surface area contributed by atoms with Gasteiger partial charge in [0.25, 0.3) is 0 Å². The van der Waals surface area contributed by atoms with E-state index in [4.69, 9.17) is 0 Å². The minimum absolute atomic E-state index is 0.192. The number of rotatable bonds is 5. The van der Waals surface area contributed by atoms with Gasteiger partial charge in [-0.25, -0.2) is 0 Å². The fourth-order valence-electron chi connectivity index (χ4n) is 3.58. The lowest BCUT2D eigenvalue weighted by Gasteiger charge is -2.23. The van der Waals surface area contributed by atoms with Crippen LogP contribution in [-0.4, -0.2) is 41.3 Å². The Bertz CT molecular complexity index is 611. The van der Waals surface area contributed by atoms with Crippen LogP contribution < -0.4 is 10.6 Å². The van der Waals surface area contributed by atoms with Gasteiger partial charge in [0.2, 0.25) is 0 Å². The number of aryl methyl sites for hydroxylation is 2. The summed E-state index contributed by atoms with van der Waals surface area (Å²) in [5.74, 6) is 2.61. The Morgan fingerprint density at radius 3 is 2.84 bits per heavy atom. The smallest absolute Gasteiger partial charge is 0.191 e. The second kappa shape index (κ2) is 8.45. The molecule has 4 nitrogen and oxygen atoms in total. The van der Waals surface area contributed by atoms with Gasteiger partial charge >= 0.3 is 0 Å². The van der Waals surface area contributed by atoms with Crippen molar-refractivity contribution < 1.29 is 5.11 Å². The third-order valence-corrected chi connectivity index (χ3v) is 6.42. The van der Waals surface area contributed by atoms with Crippen molar-refractivity contribution in [2.75, 3.05) is 24.6 Å². The number of nitrogens with one attached hydrogen (secondary N) is 2. The van der Waals surface area contributed by atoms with Crippen LogP contribution in [0.2, 0.25) is 0 Å². The second-order valence-corrected chi connectivity index (χ2v) is 8.43. The number of aliphatic imine (C=N–C) groups is 1. The van der Waals surface area contributed by atoms with Crippen molar-refractivity contribution >= 4 is 17.7 Å². The van der Waals surface area contributed by atoms with Crippen molar-refractivity contribution in [2.24, 2.45) is 4.99 Å². The highest BCUT2D eigenvalue weighted by Gasteiger charge is 2.31. The normalized spacial score (nSPS) is 24.7. The molecule has 0 spiro atoms. The molecular weight excluding hydrogens is 330 g/mol. The second-order valence-electron chi connectivity index (χ2n) is 7.32. The zero-order valence-corrected chi connectivity index (χ0v) is 16.3. The number of guanidine groups is 1. The summed E-state index contributed by atoms with van der Waals surface area (Å²) in [6.45, 7) is 5.53. The van der Waals surface area contributed by atoms with Crippen LogP contribution in [0.3, 0.4) is 0 Å². The van der Waals surface area contributed by atoms with Crippen LogP contribution in [0.15, 0.2) is 23.2 Å². The van der Waals surface area contributed by atoms with Gasteiger partial charge in [0.1, 0.15) is 0 Å². The van der Waals surface area contributed by atoms with Crippen LogP contribution in [0.1, 0.15) is 55.8 Å². The van der Waals surface area contributed by atoms with E-state index in [0.717, 1.165) is 30.4 Å². The molecule has 0 amide bonds. The minimum atomic E-state index is -0.637. The molecule has 1 aromatic carbocycles. The van der Waals surface area contributed by atoms with Gasteiger partial charge in [-0.2, -0.15) is 11.8 Å². The maximum atomic E-state index is 10.5. The van der Waals surface area contributed by atoms with E-state index in [1.807, 2.05) is 11.8 Å². The SMILES string of the molecule is CCNC(=NCC1(O)CCSC1)NC(C)c1ccc2c(c1)CCCC2. The van der Waals surface area contributed by atoms with Crippen LogP contribution in [0.4, 0.5) is 0 Å². The standard InChI is InChI=1S/C20H31N3OS/c1-3-21-19(22-13-20(24)10-11-25-14-20)23-15(2)17-9-8-16-6-4-5-7-18(16)12-17/h8-9,12,15,24H,3-7,10-11,13-14H2,1-2H3,(H2,21,22,23). The highest BCUT2D eigenvalue weighted by molar-refractivity contribution is 7.99. The van der Waals surface area contributed by atoms with E-state index >= 15 is 0 Å². The van der Waals surface area contributed by atoms with E-state index < -0.39 is 5.60 Å². The average molecular weight is 362 g/mol. The Morgan fingerprint density at radius 1 is 1.32 bits per heavy atom. The molecule has 5 heteroatoms. The molecule has 138 valence electrons. The molecule has 1 aliphatic heterocycles. The van der Waals surface area contributed by atoms with Crippen LogP contribution in [0.25, 0.3) is 0 Å². The van der Waals surface area contributed by atoms with Crippen molar-refractivity contribution in [1.29, 1.82) is 0 Å². The van der Waals surface area contributed by atoms with Gasteiger partial charge in [-0.05, 0) is 68.4 Å². The van der Waals surface area contributed by atoms with Gasteiger partial charge in [-0.3, -0.25) is 4.99 Å². The number of benzene rings is 1. The lowest BCUT2D eigenvalue weighted by Crippen LogP contribution is -2.41. The molecule has 3 rings (SSSR count). The molecular formula is C20H31N3OS. The summed E-state index contributed by atoms with van der Waals surface area (Å²) in [4.78, 5) is 4.65. The first kappa shape index (κ1) is 18.6. The summed E-state index contributed by atoms with van der Waals surface area (Å²) < 4.78 is 0. The third kappa shape index (κ3) is 4.91. The van der Waals surface area contributed by atoms with Crippen molar-refractivity contribution in [3.05, 3.63) is 34.9 Å². The van der Waals surface area contributed by atoms with Gasteiger partial charge in [0.15, 0.2) is 5.96 Å². The van der Waals surface area contributed by atoms with E-state index in [-0.39, 0.29) is 6.04 Å². The summed E-state index contributed by atoms with van der Waals surface area (Å²) in [5.41, 5.74) is 3.70. The summed E-state index contributed by atoms with van der Waals surface area (Å²) in [5, 5.41) is 17.3. The molecule has 25 heavy (non-hydrogen) atoms. The van der Waals surface area contributed by atoms with Gasteiger partial charge in [-0.15, -0.1) is 0 Å². The van der Waals surface area contributed by atoms with E-state index in [0.29, 0.717) is 6.54 Å². The van der Waals surface area contributed by atoms with E-state index in [1.165, 1.54) is 42.4 Å². The molecule has 1 saturated heterocycles. The number of hydrogen-bond acceptors (Lipinski definition) is 3. The van der Waals surface area contributed by atoms with Gasteiger partial charge in [0, 0.05) is 12.3 Å². The lowest BCUT2D eigenvalue weighted by molar-refractivity contribution is 0.0778. The summed E-state index contributed by atoms with van der Waals surface area (Å²) >= 11 is 1.81. The highest BCUT2D eigenvalue weighted by atomic mass is 32.2. The summed E-state index contributed by atoms with van der Waals surface area (Å²) in [6.07, 6.45) is 5.88. The molecule has 3 N–H and O–H groups in total. The third-order valence-electron chi connectivity index (χ3n) is 5.18. The number of thioether (sulfide) groups is 1. The Balaban J connectivity index is 1.66. The zero-order valence-electron chi connectivity index (χ0n) is 15.5. The van der Waals surface area contributed by atoms with Crippen LogP contribution in [0.5, 0.6) is 0 Å².